The third-order valence-electron chi connectivity index (χ3n) is 4.49. The molecule has 0 radical (unpaired) electrons. The number of aryl methyl sites for hydroxylation is 1. The lowest BCUT2D eigenvalue weighted by molar-refractivity contribution is 0.394. The van der Waals surface area contributed by atoms with E-state index >= 15 is 0 Å². The van der Waals surface area contributed by atoms with Gasteiger partial charge in [-0.3, -0.25) is 0 Å². The monoisotopic (exact) mass is 312 g/mol. The van der Waals surface area contributed by atoms with Gasteiger partial charge in [0.25, 0.3) is 0 Å². The highest BCUT2D eigenvalue weighted by Crippen LogP contribution is 2.43. The predicted octanol–water partition coefficient (Wildman–Crippen LogP) is 4.37. The minimum atomic E-state index is -0.205. The zero-order valence-corrected chi connectivity index (χ0v) is 13.3. The molecule has 0 saturated carbocycles. The summed E-state index contributed by atoms with van der Waals surface area (Å²) in [6.07, 6.45) is 0. The minimum absolute atomic E-state index is 0.186. The van der Waals surface area contributed by atoms with Gasteiger partial charge in [0, 0.05) is 5.56 Å². The van der Waals surface area contributed by atoms with Crippen molar-refractivity contribution in [2.75, 3.05) is 0 Å². The Bertz CT molecular complexity index is 1010. The molecule has 4 rings (SSSR count). The number of nitriles is 1. The molecule has 3 nitrogen and oxygen atoms in total. The summed E-state index contributed by atoms with van der Waals surface area (Å²) in [5.74, 6) is 0.700. The fraction of sp³-hybridized carbons (Fsp3) is 0.0952. The van der Waals surface area contributed by atoms with Crippen LogP contribution in [0.5, 0.6) is 5.75 Å². The average molecular weight is 312 g/mol. The van der Waals surface area contributed by atoms with E-state index in [1.807, 2.05) is 31.2 Å². The van der Waals surface area contributed by atoms with Crippen LogP contribution in [0, 0.1) is 18.3 Å². The number of benzene rings is 3. The van der Waals surface area contributed by atoms with Crippen LogP contribution in [0.25, 0.3) is 10.8 Å². The van der Waals surface area contributed by atoms with Gasteiger partial charge in [0.15, 0.2) is 0 Å². The molecule has 1 aliphatic rings. The van der Waals surface area contributed by atoms with Crippen molar-refractivity contribution in [3.05, 3.63) is 88.8 Å². The van der Waals surface area contributed by atoms with E-state index in [0.29, 0.717) is 5.57 Å². The Labute approximate surface area is 140 Å². The van der Waals surface area contributed by atoms with Crippen molar-refractivity contribution in [3.63, 3.8) is 0 Å². The van der Waals surface area contributed by atoms with Crippen LogP contribution in [-0.4, -0.2) is 0 Å². The van der Waals surface area contributed by atoms with Crippen molar-refractivity contribution in [3.8, 4) is 11.8 Å². The van der Waals surface area contributed by atoms with Gasteiger partial charge in [-0.25, -0.2) is 0 Å². The summed E-state index contributed by atoms with van der Waals surface area (Å²) in [6, 6.07) is 22.6. The van der Waals surface area contributed by atoms with Crippen LogP contribution in [0.4, 0.5) is 0 Å². The van der Waals surface area contributed by atoms with Gasteiger partial charge in [0.05, 0.1) is 5.92 Å². The fourth-order valence-electron chi connectivity index (χ4n) is 3.25. The molecule has 1 heterocycles. The Kier molecular flexibility index (Phi) is 3.25. The molecule has 0 saturated heterocycles. The summed E-state index contributed by atoms with van der Waals surface area (Å²) in [5.41, 5.74) is 9.70. The van der Waals surface area contributed by atoms with Crippen molar-refractivity contribution in [1.82, 2.24) is 0 Å². The highest BCUT2D eigenvalue weighted by atomic mass is 16.5. The van der Waals surface area contributed by atoms with Gasteiger partial charge in [-0.15, -0.1) is 0 Å². The van der Waals surface area contributed by atoms with Gasteiger partial charge in [0.2, 0.25) is 5.88 Å². The maximum absolute atomic E-state index is 9.62. The van der Waals surface area contributed by atoms with E-state index in [9.17, 15) is 5.26 Å². The van der Waals surface area contributed by atoms with Crippen LogP contribution in [0.15, 0.2) is 72.1 Å². The zero-order chi connectivity index (χ0) is 16.7. The first-order chi connectivity index (χ1) is 11.7. The quantitative estimate of drug-likeness (QED) is 0.726. The highest BCUT2D eigenvalue weighted by Gasteiger charge is 2.30. The topological polar surface area (TPSA) is 59.0 Å². The van der Waals surface area contributed by atoms with Crippen molar-refractivity contribution >= 4 is 10.8 Å². The fourth-order valence-corrected chi connectivity index (χ4v) is 3.25. The van der Waals surface area contributed by atoms with E-state index in [1.165, 1.54) is 5.56 Å². The van der Waals surface area contributed by atoms with Gasteiger partial charge in [-0.1, -0.05) is 54.1 Å². The lowest BCUT2D eigenvalue weighted by Crippen LogP contribution is -2.21. The van der Waals surface area contributed by atoms with E-state index < -0.39 is 0 Å². The Morgan fingerprint density at radius 3 is 2.33 bits per heavy atom. The van der Waals surface area contributed by atoms with Crippen LogP contribution in [-0.2, 0) is 0 Å². The van der Waals surface area contributed by atoms with Gasteiger partial charge in [-0.2, -0.15) is 5.26 Å². The Hall–Kier alpha value is -3.25. The molecule has 2 N–H and O–H groups in total. The van der Waals surface area contributed by atoms with E-state index in [0.717, 1.165) is 27.6 Å². The van der Waals surface area contributed by atoms with Crippen LogP contribution >= 0.6 is 0 Å². The summed E-state index contributed by atoms with van der Waals surface area (Å²) in [7, 11) is 0. The first-order valence-electron chi connectivity index (χ1n) is 7.84. The molecule has 116 valence electrons. The van der Waals surface area contributed by atoms with Crippen molar-refractivity contribution in [1.29, 1.82) is 5.26 Å². The van der Waals surface area contributed by atoms with E-state index in [4.69, 9.17) is 10.5 Å². The number of ether oxygens (including phenoxy) is 1. The second kappa shape index (κ2) is 5.43. The summed E-state index contributed by atoms with van der Waals surface area (Å²) in [6.45, 7) is 2.05. The maximum atomic E-state index is 9.62. The van der Waals surface area contributed by atoms with Crippen molar-refractivity contribution < 1.29 is 4.74 Å². The molecule has 0 fully saturated rings. The second-order valence-corrected chi connectivity index (χ2v) is 6.07. The minimum Gasteiger partial charge on any atom is -0.440 e. The molecule has 3 heteroatoms. The number of hydrogen-bond acceptors (Lipinski definition) is 3. The van der Waals surface area contributed by atoms with E-state index in [2.05, 4.69) is 42.5 Å². The number of rotatable bonds is 1. The molecule has 0 aromatic heterocycles. The number of hydrogen-bond donors (Lipinski definition) is 1. The van der Waals surface area contributed by atoms with Gasteiger partial charge in [0.1, 0.15) is 17.4 Å². The Morgan fingerprint density at radius 1 is 1.00 bits per heavy atom. The third-order valence-corrected chi connectivity index (χ3v) is 4.49. The third kappa shape index (κ3) is 2.21. The zero-order valence-electron chi connectivity index (χ0n) is 13.3. The molecular formula is C21H16N2O. The normalized spacial score (nSPS) is 16.4. The maximum Gasteiger partial charge on any atom is 0.205 e. The largest absolute Gasteiger partial charge is 0.440 e. The van der Waals surface area contributed by atoms with Crippen LogP contribution in [0.1, 0.15) is 22.6 Å². The van der Waals surface area contributed by atoms with Gasteiger partial charge in [-0.05, 0) is 35.4 Å². The second-order valence-electron chi connectivity index (χ2n) is 6.07. The molecule has 0 bridgehead atoms. The first-order valence-corrected chi connectivity index (χ1v) is 7.84. The Morgan fingerprint density at radius 2 is 1.67 bits per heavy atom. The molecule has 0 unspecified atom stereocenters. The smallest absolute Gasteiger partial charge is 0.205 e. The molecule has 24 heavy (non-hydrogen) atoms. The summed E-state index contributed by atoms with van der Waals surface area (Å²) >= 11 is 0. The predicted molar refractivity (Wildman–Crippen MR) is 94.4 cm³/mol. The lowest BCUT2D eigenvalue weighted by atomic mass is 9.82. The molecule has 0 amide bonds. The number of allylic oxidation sites excluding steroid dienone is 1. The van der Waals surface area contributed by atoms with Crippen molar-refractivity contribution in [2.45, 2.75) is 12.8 Å². The van der Waals surface area contributed by atoms with Crippen LogP contribution < -0.4 is 10.5 Å². The number of nitrogens with zero attached hydrogens (tertiary/aromatic N) is 1. The SMILES string of the molecule is Cc1ccc([C@H]2C(C#N)=C(N)Oc3cc4ccccc4cc32)cc1. The van der Waals surface area contributed by atoms with E-state index in [1.54, 1.807) is 0 Å². The molecule has 1 atom stereocenters. The molecule has 3 aromatic rings. The molecular weight excluding hydrogens is 296 g/mol. The lowest BCUT2D eigenvalue weighted by Gasteiger charge is -2.27. The van der Waals surface area contributed by atoms with Crippen LogP contribution in [0.2, 0.25) is 0 Å². The standard InChI is InChI=1S/C21H16N2O/c1-13-6-8-14(9-7-13)20-17-10-15-4-2-3-5-16(15)11-19(17)24-21(23)18(20)12-22/h2-11,20H,23H2,1H3/t20-/m1/s1. The van der Waals surface area contributed by atoms with Gasteiger partial charge >= 0.3 is 0 Å². The van der Waals surface area contributed by atoms with Crippen molar-refractivity contribution in [2.24, 2.45) is 5.73 Å². The van der Waals surface area contributed by atoms with E-state index in [-0.39, 0.29) is 11.8 Å². The Balaban J connectivity index is 1.98. The number of fused-ring (bicyclic) bond motifs is 2. The summed E-state index contributed by atoms with van der Waals surface area (Å²) in [4.78, 5) is 0. The number of nitrogens with two attached hydrogens (primary N) is 1. The average Bonchev–Trinajstić information content (AvgIpc) is 2.60. The summed E-state index contributed by atoms with van der Waals surface area (Å²) < 4.78 is 5.75. The summed E-state index contributed by atoms with van der Waals surface area (Å²) in [5, 5.41) is 11.8. The molecule has 1 aliphatic heterocycles. The highest BCUT2D eigenvalue weighted by molar-refractivity contribution is 5.86. The molecule has 0 spiro atoms. The molecule has 3 aromatic carbocycles. The first kappa shape index (κ1) is 14.3. The molecule has 0 aliphatic carbocycles. The van der Waals surface area contributed by atoms with Crippen LogP contribution in [0.3, 0.4) is 0 Å². The van der Waals surface area contributed by atoms with Gasteiger partial charge < -0.3 is 10.5 Å².